The lowest BCUT2D eigenvalue weighted by molar-refractivity contribution is -0.259. The van der Waals surface area contributed by atoms with Crippen molar-refractivity contribution in [2.75, 3.05) is 20.8 Å². The summed E-state index contributed by atoms with van der Waals surface area (Å²) < 4.78 is 31.2. The van der Waals surface area contributed by atoms with Crippen molar-refractivity contribution in [1.82, 2.24) is 5.32 Å². The molecule has 1 heterocycles. The highest BCUT2D eigenvalue weighted by Crippen LogP contribution is 2.30. The first-order valence-electron chi connectivity index (χ1n) is 9.21. The number of nitrogens with one attached hydrogen (secondary N) is 1. The van der Waals surface area contributed by atoms with Crippen LogP contribution in [0.2, 0.25) is 0 Å². The van der Waals surface area contributed by atoms with Crippen molar-refractivity contribution in [3.63, 3.8) is 0 Å². The van der Waals surface area contributed by atoms with Gasteiger partial charge in [-0.25, -0.2) is 4.79 Å². The smallest absolute Gasteiger partial charge is 0.371 e. The predicted octanol–water partition coefficient (Wildman–Crippen LogP) is -0.612. The average molecular weight is 445 g/mol. The number of esters is 4. The summed E-state index contributed by atoms with van der Waals surface area (Å²) in [4.78, 5) is 58.8. The zero-order chi connectivity index (χ0) is 23.8. The van der Waals surface area contributed by atoms with Gasteiger partial charge in [0.25, 0.3) is 5.79 Å². The molecule has 0 aromatic carbocycles. The summed E-state index contributed by atoms with van der Waals surface area (Å²) in [7, 11) is 2.29. The van der Waals surface area contributed by atoms with Gasteiger partial charge in [0.1, 0.15) is 12.7 Å². The second-order valence-electron chi connectivity index (χ2n) is 6.56. The maximum absolute atomic E-state index is 12.3. The van der Waals surface area contributed by atoms with Gasteiger partial charge in [0.15, 0.2) is 12.2 Å². The van der Waals surface area contributed by atoms with Crippen LogP contribution in [0.5, 0.6) is 0 Å². The fraction of sp³-hybridized carbons (Fsp3) is 0.632. The molecule has 1 aliphatic heterocycles. The molecule has 0 bridgehead atoms. The summed E-state index contributed by atoms with van der Waals surface area (Å²) >= 11 is 0. The molecule has 1 aliphatic rings. The summed E-state index contributed by atoms with van der Waals surface area (Å²) in [5.74, 6) is -5.65. The van der Waals surface area contributed by atoms with Crippen molar-refractivity contribution in [1.29, 1.82) is 0 Å². The van der Waals surface area contributed by atoms with Crippen LogP contribution in [0, 0.1) is 0 Å². The molecule has 12 nitrogen and oxygen atoms in total. The molecule has 0 aliphatic carbocycles. The highest BCUT2D eigenvalue weighted by atomic mass is 16.7. The van der Waals surface area contributed by atoms with Crippen LogP contribution >= 0.6 is 0 Å². The molecule has 0 saturated carbocycles. The molecule has 1 amide bonds. The van der Waals surface area contributed by atoms with Crippen LogP contribution in [-0.4, -0.2) is 80.8 Å². The molecule has 12 heteroatoms. The second-order valence-corrected chi connectivity index (χ2v) is 6.56. The minimum absolute atomic E-state index is 0.461. The molecule has 0 spiro atoms. The number of carbonyl (C=O) groups excluding carboxylic acids is 5. The maximum atomic E-state index is 12.3. The Morgan fingerprint density at radius 1 is 1.00 bits per heavy atom. The minimum Gasteiger partial charge on any atom is -0.465 e. The molecule has 0 aromatic heterocycles. The van der Waals surface area contributed by atoms with Gasteiger partial charge in [-0.15, -0.1) is 0 Å². The van der Waals surface area contributed by atoms with E-state index in [9.17, 15) is 24.0 Å². The first-order chi connectivity index (χ1) is 14.5. The van der Waals surface area contributed by atoms with Crippen molar-refractivity contribution < 1.29 is 52.4 Å². The Labute approximate surface area is 179 Å². The highest BCUT2D eigenvalue weighted by molar-refractivity contribution is 5.81. The van der Waals surface area contributed by atoms with E-state index in [1.54, 1.807) is 0 Å². The number of methoxy groups -OCH3 is 2. The van der Waals surface area contributed by atoms with Gasteiger partial charge < -0.3 is 33.7 Å². The van der Waals surface area contributed by atoms with E-state index in [1.807, 2.05) is 0 Å². The Hall–Kier alpha value is -2.99. The zero-order valence-electron chi connectivity index (χ0n) is 18.2. The average Bonchev–Trinajstić information content (AvgIpc) is 2.68. The van der Waals surface area contributed by atoms with Gasteiger partial charge in [0.05, 0.1) is 13.2 Å². The van der Waals surface area contributed by atoms with Gasteiger partial charge in [-0.1, -0.05) is 6.08 Å². The van der Waals surface area contributed by atoms with Crippen LogP contribution < -0.4 is 5.32 Å². The highest BCUT2D eigenvalue weighted by Gasteiger charge is 2.51. The van der Waals surface area contributed by atoms with Crippen LogP contribution in [0.3, 0.4) is 0 Å². The van der Waals surface area contributed by atoms with Crippen LogP contribution in [0.4, 0.5) is 0 Å². The number of amides is 1. The lowest BCUT2D eigenvalue weighted by Crippen LogP contribution is -2.62. The maximum Gasteiger partial charge on any atom is 0.371 e. The van der Waals surface area contributed by atoms with Crippen LogP contribution in [0.15, 0.2) is 12.2 Å². The second kappa shape index (κ2) is 11.4. The van der Waals surface area contributed by atoms with E-state index in [0.29, 0.717) is 0 Å². The van der Waals surface area contributed by atoms with Gasteiger partial charge >= 0.3 is 23.9 Å². The molecule has 0 radical (unpaired) electrons. The first-order valence-corrected chi connectivity index (χ1v) is 9.21. The first kappa shape index (κ1) is 26.0. The molecule has 0 saturated heterocycles. The molecule has 1 N–H and O–H groups in total. The van der Waals surface area contributed by atoms with E-state index >= 15 is 0 Å². The number of carbonyl (C=O) groups is 5. The summed E-state index contributed by atoms with van der Waals surface area (Å²) in [6, 6.07) is -0.940. The molecule has 0 fully saturated rings. The minimum atomic E-state index is -2.03. The molecule has 174 valence electrons. The van der Waals surface area contributed by atoms with E-state index in [2.05, 4.69) is 5.32 Å². The molecule has 0 aromatic rings. The third kappa shape index (κ3) is 7.33. The van der Waals surface area contributed by atoms with Crippen molar-refractivity contribution in [2.24, 2.45) is 0 Å². The third-order valence-corrected chi connectivity index (χ3v) is 4.09. The number of hydrogen-bond donors (Lipinski definition) is 1. The Kier molecular flexibility index (Phi) is 9.59. The predicted molar refractivity (Wildman–Crippen MR) is 101 cm³/mol. The van der Waals surface area contributed by atoms with E-state index in [0.717, 1.165) is 27.9 Å². The van der Waals surface area contributed by atoms with Crippen LogP contribution in [0.25, 0.3) is 0 Å². The molecule has 5 atom stereocenters. The van der Waals surface area contributed by atoms with Crippen LogP contribution in [0.1, 0.15) is 27.7 Å². The Morgan fingerprint density at radius 3 is 2.06 bits per heavy atom. The number of hydrogen-bond acceptors (Lipinski definition) is 11. The van der Waals surface area contributed by atoms with Crippen molar-refractivity contribution in [2.45, 2.75) is 57.8 Å². The molecular weight excluding hydrogens is 418 g/mol. The SMILES string of the molecule is COC(=O)C1(OC)C=CC(NC(C)=O)C(C(OC(C)=O)C(COC(C)=O)OC(C)=O)O1. The summed E-state index contributed by atoms with van der Waals surface area (Å²) in [6.45, 7) is 4.10. The van der Waals surface area contributed by atoms with Crippen molar-refractivity contribution in [3.8, 4) is 0 Å². The largest absolute Gasteiger partial charge is 0.465 e. The topological polar surface area (TPSA) is 153 Å². The van der Waals surface area contributed by atoms with E-state index in [-0.39, 0.29) is 0 Å². The standard InChI is InChI=1S/C19H27NO11/c1-10(21)20-14-7-8-19(27-6,18(25)26-5)31-16(14)17(30-13(4)24)15(29-12(3)23)9-28-11(2)22/h7-8,14-17H,9H2,1-6H3,(H,20,21). The lowest BCUT2D eigenvalue weighted by atomic mass is 9.95. The quantitative estimate of drug-likeness (QED) is 0.275. The molecule has 1 rings (SSSR count). The van der Waals surface area contributed by atoms with E-state index in [4.69, 9.17) is 28.4 Å². The Morgan fingerprint density at radius 2 is 1.61 bits per heavy atom. The van der Waals surface area contributed by atoms with Gasteiger partial charge in [0, 0.05) is 34.8 Å². The summed E-state index contributed by atoms with van der Waals surface area (Å²) in [5.41, 5.74) is 0. The van der Waals surface area contributed by atoms with Crippen molar-refractivity contribution in [3.05, 3.63) is 12.2 Å². The molecule has 31 heavy (non-hydrogen) atoms. The number of ether oxygens (including phenoxy) is 6. The fourth-order valence-corrected chi connectivity index (χ4v) is 2.90. The molecule has 5 unspecified atom stereocenters. The molecular formula is C19H27NO11. The lowest BCUT2D eigenvalue weighted by Gasteiger charge is -2.42. The fourth-order valence-electron chi connectivity index (χ4n) is 2.90. The van der Waals surface area contributed by atoms with Gasteiger partial charge in [-0.3, -0.25) is 19.2 Å². The van der Waals surface area contributed by atoms with Gasteiger partial charge in [-0.05, 0) is 6.08 Å². The Balaban J connectivity index is 3.48. The summed E-state index contributed by atoms with van der Waals surface area (Å²) in [5, 5.41) is 2.58. The van der Waals surface area contributed by atoms with Gasteiger partial charge in [0.2, 0.25) is 5.91 Å². The normalized spacial score (nSPS) is 24.3. The zero-order valence-corrected chi connectivity index (χ0v) is 18.2. The van der Waals surface area contributed by atoms with Crippen molar-refractivity contribution >= 4 is 29.8 Å². The monoisotopic (exact) mass is 445 g/mol. The Bertz CT molecular complexity index is 734. The van der Waals surface area contributed by atoms with Gasteiger partial charge in [-0.2, -0.15) is 0 Å². The van der Waals surface area contributed by atoms with Crippen LogP contribution in [-0.2, 0) is 52.4 Å². The van der Waals surface area contributed by atoms with E-state index in [1.165, 1.54) is 26.2 Å². The summed E-state index contributed by atoms with van der Waals surface area (Å²) in [6.07, 6.45) is -1.43. The third-order valence-electron chi connectivity index (χ3n) is 4.09. The van der Waals surface area contributed by atoms with E-state index < -0.39 is 66.5 Å². The number of rotatable bonds is 9.